The van der Waals surface area contributed by atoms with Gasteiger partial charge in [0, 0.05) is 30.4 Å². The van der Waals surface area contributed by atoms with E-state index >= 15 is 0 Å². The van der Waals surface area contributed by atoms with Crippen molar-refractivity contribution < 1.29 is 9.59 Å². The summed E-state index contributed by atoms with van der Waals surface area (Å²) < 4.78 is 5.19. The van der Waals surface area contributed by atoms with Gasteiger partial charge >= 0.3 is 6.03 Å². The number of nitrogens with two attached hydrogens (primary N) is 1. The minimum atomic E-state index is -0.335. The normalized spacial score (nSPS) is 18.7. The van der Waals surface area contributed by atoms with E-state index in [0.29, 0.717) is 13.1 Å². The van der Waals surface area contributed by atoms with Crippen molar-refractivity contribution in [3.05, 3.63) is 24.4 Å². The van der Waals surface area contributed by atoms with E-state index in [1.807, 2.05) is 18.2 Å². The maximum atomic E-state index is 12.3. The summed E-state index contributed by atoms with van der Waals surface area (Å²) in [7, 11) is 0. The number of carbonyl (C=O) groups excluding carboxylic acids is 2. The molecule has 1 saturated heterocycles. The Kier molecular flexibility index (Phi) is 3.74. The highest BCUT2D eigenvalue weighted by Gasteiger charge is 2.26. The number of benzene rings is 1. The van der Waals surface area contributed by atoms with E-state index in [9.17, 15) is 9.59 Å². The van der Waals surface area contributed by atoms with Crippen LogP contribution in [0.5, 0.6) is 0 Å². The molecule has 0 spiro atoms. The number of rotatable bonds is 2. The van der Waals surface area contributed by atoms with Crippen molar-refractivity contribution >= 4 is 39.2 Å². The zero-order chi connectivity index (χ0) is 14.8. The molecule has 0 saturated carbocycles. The van der Waals surface area contributed by atoms with Crippen molar-refractivity contribution in [3.63, 3.8) is 0 Å². The number of carbonyl (C=O) groups is 2. The molecule has 1 aromatic heterocycles. The zero-order valence-electron chi connectivity index (χ0n) is 11.4. The number of likely N-dealkylation sites (tertiary alicyclic amines) is 1. The van der Waals surface area contributed by atoms with Gasteiger partial charge in [0.15, 0.2) is 0 Å². The van der Waals surface area contributed by atoms with Crippen molar-refractivity contribution in [1.82, 2.24) is 9.27 Å². The molecule has 0 radical (unpaired) electrons. The fourth-order valence-electron chi connectivity index (χ4n) is 2.55. The predicted molar refractivity (Wildman–Crippen MR) is 82.1 cm³/mol. The zero-order valence-corrected chi connectivity index (χ0v) is 12.2. The Hall–Kier alpha value is -2.15. The van der Waals surface area contributed by atoms with E-state index in [-0.39, 0.29) is 17.9 Å². The van der Waals surface area contributed by atoms with Gasteiger partial charge in [-0.05, 0) is 42.6 Å². The molecule has 21 heavy (non-hydrogen) atoms. The van der Waals surface area contributed by atoms with Crippen LogP contribution in [0.15, 0.2) is 24.4 Å². The van der Waals surface area contributed by atoms with Crippen molar-refractivity contribution in [3.8, 4) is 0 Å². The molecule has 0 bridgehead atoms. The Morgan fingerprint density at radius 2 is 2.29 bits per heavy atom. The highest BCUT2D eigenvalue weighted by atomic mass is 32.1. The largest absolute Gasteiger partial charge is 0.369 e. The maximum absolute atomic E-state index is 12.3. The second kappa shape index (κ2) is 5.69. The predicted octanol–water partition coefficient (Wildman–Crippen LogP) is 2.03. The molecule has 3 N–H and O–H groups in total. The van der Waals surface area contributed by atoms with Gasteiger partial charge in [0.1, 0.15) is 0 Å². The third kappa shape index (κ3) is 2.97. The Bertz CT molecular complexity index is 684. The van der Waals surface area contributed by atoms with Gasteiger partial charge in [-0.3, -0.25) is 4.79 Å². The lowest BCUT2D eigenvalue weighted by Crippen LogP contribution is -2.45. The van der Waals surface area contributed by atoms with Crippen LogP contribution < -0.4 is 11.1 Å². The molecular formula is C14H16N4O2S. The Balaban J connectivity index is 1.69. The van der Waals surface area contributed by atoms with Crippen molar-refractivity contribution in [2.24, 2.45) is 11.7 Å². The number of nitrogens with zero attached hydrogens (tertiary/aromatic N) is 2. The summed E-state index contributed by atoms with van der Waals surface area (Å²) in [4.78, 5) is 25.2. The summed E-state index contributed by atoms with van der Waals surface area (Å²) in [6, 6.07) is 5.49. The number of hydrogen-bond acceptors (Lipinski definition) is 4. The molecule has 1 atom stereocenters. The third-order valence-electron chi connectivity index (χ3n) is 3.71. The van der Waals surface area contributed by atoms with Gasteiger partial charge in [-0.25, -0.2) is 4.79 Å². The number of amides is 3. The fraction of sp³-hybridized carbons (Fsp3) is 0.357. The minimum absolute atomic E-state index is 0.191. The third-order valence-corrected chi connectivity index (χ3v) is 4.49. The highest BCUT2D eigenvalue weighted by molar-refractivity contribution is 7.13. The fourth-order valence-corrected chi connectivity index (χ4v) is 3.17. The molecule has 1 aliphatic heterocycles. The van der Waals surface area contributed by atoms with Crippen molar-refractivity contribution in [1.29, 1.82) is 0 Å². The summed E-state index contributed by atoms with van der Waals surface area (Å²) in [5.74, 6) is -0.577. The van der Waals surface area contributed by atoms with Crippen molar-refractivity contribution in [2.45, 2.75) is 12.8 Å². The lowest BCUT2D eigenvalue weighted by Gasteiger charge is -2.31. The Morgan fingerprint density at radius 1 is 1.43 bits per heavy atom. The smallest absolute Gasteiger partial charge is 0.321 e. The molecule has 1 aromatic carbocycles. The first-order chi connectivity index (χ1) is 10.1. The molecular weight excluding hydrogens is 288 g/mol. The number of primary amides is 1. The Labute approximate surface area is 126 Å². The van der Waals surface area contributed by atoms with Crippen LogP contribution in [0.4, 0.5) is 10.5 Å². The summed E-state index contributed by atoms with van der Waals surface area (Å²) >= 11 is 1.42. The van der Waals surface area contributed by atoms with E-state index in [4.69, 9.17) is 5.73 Å². The monoisotopic (exact) mass is 304 g/mol. The second-order valence-corrected chi connectivity index (χ2v) is 6.03. The SMILES string of the molecule is NC(=O)[C@H]1CCCN(C(=O)Nc2ccc3sncc3c2)C1. The van der Waals surface area contributed by atoms with Gasteiger partial charge in [-0.2, -0.15) is 4.37 Å². The van der Waals surface area contributed by atoms with Crippen LogP contribution in [-0.2, 0) is 4.79 Å². The van der Waals surface area contributed by atoms with Gasteiger partial charge in [-0.15, -0.1) is 0 Å². The van der Waals surface area contributed by atoms with Crippen LogP contribution in [0.25, 0.3) is 10.1 Å². The molecule has 3 rings (SSSR count). The number of hydrogen-bond donors (Lipinski definition) is 2. The molecule has 1 aliphatic rings. The van der Waals surface area contributed by atoms with Crippen LogP contribution in [0, 0.1) is 5.92 Å². The molecule has 0 unspecified atom stereocenters. The first-order valence-corrected chi connectivity index (χ1v) is 7.60. The molecule has 0 aliphatic carbocycles. The van der Waals surface area contributed by atoms with E-state index in [1.165, 1.54) is 11.5 Å². The second-order valence-electron chi connectivity index (χ2n) is 5.20. The lowest BCUT2D eigenvalue weighted by atomic mass is 9.98. The van der Waals surface area contributed by atoms with Gasteiger partial charge in [0.05, 0.1) is 10.6 Å². The van der Waals surface area contributed by atoms with E-state index in [2.05, 4.69) is 9.69 Å². The molecule has 2 heterocycles. The van der Waals surface area contributed by atoms with E-state index < -0.39 is 0 Å². The van der Waals surface area contributed by atoms with Gasteiger partial charge in [0.25, 0.3) is 0 Å². The number of aromatic nitrogens is 1. The van der Waals surface area contributed by atoms with Crippen LogP contribution in [-0.4, -0.2) is 34.3 Å². The molecule has 7 heteroatoms. The number of fused-ring (bicyclic) bond motifs is 1. The Morgan fingerprint density at radius 3 is 3.10 bits per heavy atom. The lowest BCUT2D eigenvalue weighted by molar-refractivity contribution is -0.123. The highest BCUT2D eigenvalue weighted by Crippen LogP contribution is 2.23. The van der Waals surface area contributed by atoms with E-state index in [1.54, 1.807) is 11.1 Å². The number of anilines is 1. The summed E-state index contributed by atoms with van der Waals surface area (Å²) in [6.45, 7) is 1.04. The van der Waals surface area contributed by atoms with Crippen LogP contribution in [0.1, 0.15) is 12.8 Å². The van der Waals surface area contributed by atoms with Crippen LogP contribution in [0.3, 0.4) is 0 Å². The first-order valence-electron chi connectivity index (χ1n) is 6.83. The molecule has 3 amide bonds. The summed E-state index contributed by atoms with van der Waals surface area (Å²) in [5, 5.41) is 3.87. The van der Waals surface area contributed by atoms with Gasteiger partial charge in [-0.1, -0.05) is 0 Å². The molecule has 110 valence electrons. The van der Waals surface area contributed by atoms with Gasteiger partial charge in [0.2, 0.25) is 5.91 Å². The average Bonchev–Trinajstić information content (AvgIpc) is 2.95. The van der Waals surface area contributed by atoms with Crippen LogP contribution in [0.2, 0.25) is 0 Å². The van der Waals surface area contributed by atoms with E-state index in [0.717, 1.165) is 28.6 Å². The van der Waals surface area contributed by atoms with Crippen molar-refractivity contribution in [2.75, 3.05) is 18.4 Å². The topological polar surface area (TPSA) is 88.3 Å². The standard InChI is InChI=1S/C14H16N4O2S/c15-13(19)9-2-1-5-18(8-9)14(20)17-11-3-4-12-10(6-11)7-16-21-12/h3-4,6-7,9H,1-2,5,8H2,(H2,15,19)(H,17,20)/t9-/m0/s1. The first kappa shape index (κ1) is 13.8. The molecule has 6 nitrogen and oxygen atoms in total. The maximum Gasteiger partial charge on any atom is 0.321 e. The number of piperidine rings is 1. The van der Waals surface area contributed by atoms with Gasteiger partial charge < -0.3 is 16.0 Å². The molecule has 2 aromatic rings. The molecule has 1 fully saturated rings. The number of urea groups is 1. The summed E-state index contributed by atoms with van der Waals surface area (Å²) in [5.41, 5.74) is 6.06. The number of nitrogens with one attached hydrogen (secondary N) is 1. The minimum Gasteiger partial charge on any atom is -0.369 e. The average molecular weight is 304 g/mol. The van der Waals surface area contributed by atoms with Crippen LogP contribution >= 0.6 is 11.5 Å². The quantitative estimate of drug-likeness (QED) is 0.889. The summed E-state index contributed by atoms with van der Waals surface area (Å²) in [6.07, 6.45) is 3.33.